The Hall–Kier alpha value is -3.46. The molecule has 0 saturated carbocycles. The van der Waals surface area contributed by atoms with Crippen LogP contribution in [0.3, 0.4) is 0 Å². The maximum atomic E-state index is 6.62. The standard InChI is InChI=1S/C28H29ClN8/c1-18-3-2-4-24(33-18)28-32-12-10-26(36-28)34-25-9-11-31-27(35-25)14-19-5-8-23(29)20(13-19)17-37-21-6-7-22(37)16-30-15-21/h2-5,8-13,21-22,30H,6-7,14-17H2,1H3,(H,31,32,34,35,36). The number of anilines is 2. The minimum absolute atomic E-state index is 0.564. The first kappa shape index (κ1) is 23.9. The highest BCUT2D eigenvalue weighted by Gasteiger charge is 2.36. The molecule has 2 unspecified atom stereocenters. The van der Waals surface area contributed by atoms with Crippen molar-refractivity contribution in [2.75, 3.05) is 18.4 Å². The second kappa shape index (κ2) is 10.5. The Labute approximate surface area is 221 Å². The normalized spacial score (nSPS) is 19.2. The lowest BCUT2D eigenvalue weighted by Crippen LogP contribution is -2.51. The molecule has 4 aromatic rings. The van der Waals surface area contributed by atoms with E-state index in [0.29, 0.717) is 36.0 Å². The molecule has 8 nitrogen and oxygen atoms in total. The van der Waals surface area contributed by atoms with Gasteiger partial charge in [0.25, 0.3) is 0 Å². The fourth-order valence-electron chi connectivity index (χ4n) is 5.27. The van der Waals surface area contributed by atoms with Crippen molar-refractivity contribution < 1.29 is 0 Å². The van der Waals surface area contributed by atoms with E-state index in [2.05, 4.69) is 47.6 Å². The highest BCUT2D eigenvalue weighted by molar-refractivity contribution is 6.31. The Kier molecular flexibility index (Phi) is 6.78. The van der Waals surface area contributed by atoms with Crippen LogP contribution in [-0.4, -0.2) is 55.0 Å². The Balaban J connectivity index is 1.16. The summed E-state index contributed by atoms with van der Waals surface area (Å²) in [5.74, 6) is 2.63. The molecule has 2 atom stereocenters. The molecule has 0 amide bonds. The van der Waals surface area contributed by atoms with Gasteiger partial charge in [0.05, 0.1) is 0 Å². The average Bonchev–Trinajstić information content (AvgIpc) is 3.11. The van der Waals surface area contributed by atoms with E-state index in [4.69, 9.17) is 16.6 Å². The van der Waals surface area contributed by atoms with Gasteiger partial charge < -0.3 is 10.6 Å². The quantitative estimate of drug-likeness (QED) is 0.372. The zero-order valence-corrected chi connectivity index (χ0v) is 21.5. The average molecular weight is 513 g/mol. The summed E-state index contributed by atoms with van der Waals surface area (Å²) in [4.78, 5) is 25.4. The van der Waals surface area contributed by atoms with Crippen LogP contribution in [0.15, 0.2) is 60.9 Å². The van der Waals surface area contributed by atoms with Crippen LogP contribution in [0.1, 0.15) is 35.5 Å². The summed E-state index contributed by atoms with van der Waals surface area (Å²) in [7, 11) is 0. The van der Waals surface area contributed by atoms with E-state index in [-0.39, 0.29) is 0 Å². The molecule has 0 spiro atoms. The number of hydrogen-bond donors (Lipinski definition) is 2. The van der Waals surface area contributed by atoms with Crippen molar-refractivity contribution in [3.8, 4) is 11.5 Å². The number of nitrogens with zero attached hydrogens (tertiary/aromatic N) is 6. The third-order valence-electron chi connectivity index (χ3n) is 7.09. The van der Waals surface area contributed by atoms with Crippen molar-refractivity contribution in [2.24, 2.45) is 0 Å². The van der Waals surface area contributed by atoms with E-state index < -0.39 is 0 Å². The van der Waals surface area contributed by atoms with Crippen LogP contribution >= 0.6 is 11.6 Å². The van der Waals surface area contributed by atoms with Gasteiger partial charge in [-0.3, -0.25) is 4.90 Å². The van der Waals surface area contributed by atoms with Crippen LogP contribution in [0.4, 0.5) is 11.6 Å². The molecule has 2 fully saturated rings. The molecule has 188 valence electrons. The predicted octanol–water partition coefficient (Wildman–Crippen LogP) is 4.56. The van der Waals surface area contributed by atoms with Crippen molar-refractivity contribution in [1.29, 1.82) is 0 Å². The smallest absolute Gasteiger partial charge is 0.180 e. The Morgan fingerprint density at radius 1 is 0.946 bits per heavy atom. The molecule has 2 aliphatic heterocycles. The molecular formula is C28H29ClN8. The number of piperazine rings is 1. The second-order valence-electron chi connectivity index (χ2n) is 9.73. The molecule has 9 heteroatoms. The minimum Gasteiger partial charge on any atom is -0.325 e. The molecule has 3 aromatic heterocycles. The molecule has 2 bridgehead atoms. The highest BCUT2D eigenvalue weighted by Crippen LogP contribution is 2.30. The van der Waals surface area contributed by atoms with Gasteiger partial charge in [-0.25, -0.2) is 24.9 Å². The van der Waals surface area contributed by atoms with E-state index in [1.165, 1.54) is 18.4 Å². The van der Waals surface area contributed by atoms with E-state index in [1.54, 1.807) is 12.4 Å². The lowest BCUT2D eigenvalue weighted by molar-refractivity contribution is 0.145. The molecule has 6 rings (SSSR count). The maximum Gasteiger partial charge on any atom is 0.180 e. The van der Waals surface area contributed by atoms with Gasteiger partial charge in [0, 0.05) is 61.2 Å². The van der Waals surface area contributed by atoms with Gasteiger partial charge in [-0.15, -0.1) is 0 Å². The summed E-state index contributed by atoms with van der Waals surface area (Å²) >= 11 is 6.62. The first-order chi connectivity index (χ1) is 18.1. The third kappa shape index (κ3) is 5.46. The summed E-state index contributed by atoms with van der Waals surface area (Å²) in [5, 5.41) is 7.65. The second-order valence-corrected chi connectivity index (χ2v) is 10.1. The van der Waals surface area contributed by atoms with Crippen LogP contribution in [-0.2, 0) is 13.0 Å². The number of benzene rings is 1. The Morgan fingerprint density at radius 3 is 2.54 bits per heavy atom. The van der Waals surface area contributed by atoms with Crippen LogP contribution in [0.25, 0.3) is 11.5 Å². The van der Waals surface area contributed by atoms with Crippen LogP contribution in [0.5, 0.6) is 0 Å². The third-order valence-corrected chi connectivity index (χ3v) is 7.46. The molecule has 2 N–H and O–H groups in total. The van der Waals surface area contributed by atoms with Gasteiger partial charge in [0.2, 0.25) is 0 Å². The number of aromatic nitrogens is 5. The van der Waals surface area contributed by atoms with Gasteiger partial charge in [-0.2, -0.15) is 0 Å². The highest BCUT2D eigenvalue weighted by atomic mass is 35.5. The number of rotatable bonds is 7. The number of halogens is 1. The first-order valence-electron chi connectivity index (χ1n) is 12.7. The molecule has 2 saturated heterocycles. The summed E-state index contributed by atoms with van der Waals surface area (Å²) in [6.07, 6.45) is 6.63. The number of nitrogens with one attached hydrogen (secondary N) is 2. The monoisotopic (exact) mass is 512 g/mol. The minimum atomic E-state index is 0.564. The zero-order chi connectivity index (χ0) is 25.2. The molecule has 5 heterocycles. The van der Waals surface area contributed by atoms with Gasteiger partial charge >= 0.3 is 0 Å². The lowest BCUT2D eigenvalue weighted by Gasteiger charge is -2.35. The number of fused-ring (bicyclic) bond motifs is 2. The van der Waals surface area contributed by atoms with Crippen molar-refractivity contribution in [2.45, 2.75) is 44.8 Å². The van der Waals surface area contributed by atoms with Gasteiger partial charge in [0.1, 0.15) is 23.2 Å². The van der Waals surface area contributed by atoms with Crippen molar-refractivity contribution in [3.63, 3.8) is 0 Å². The van der Waals surface area contributed by atoms with Gasteiger partial charge in [-0.1, -0.05) is 29.8 Å². The van der Waals surface area contributed by atoms with Crippen molar-refractivity contribution in [3.05, 3.63) is 88.6 Å². The summed E-state index contributed by atoms with van der Waals surface area (Å²) < 4.78 is 0. The summed E-state index contributed by atoms with van der Waals surface area (Å²) in [6, 6.07) is 16.9. The molecule has 37 heavy (non-hydrogen) atoms. The van der Waals surface area contributed by atoms with Gasteiger partial charge in [-0.05, 0) is 61.2 Å². The van der Waals surface area contributed by atoms with E-state index in [1.807, 2.05) is 43.3 Å². The molecule has 0 radical (unpaired) electrons. The summed E-state index contributed by atoms with van der Waals surface area (Å²) in [6.45, 7) is 4.97. The van der Waals surface area contributed by atoms with E-state index >= 15 is 0 Å². The van der Waals surface area contributed by atoms with E-state index in [0.717, 1.165) is 47.4 Å². The number of aryl methyl sites for hydroxylation is 1. The van der Waals surface area contributed by atoms with Crippen LogP contribution < -0.4 is 10.6 Å². The Bertz CT molecular complexity index is 1390. The van der Waals surface area contributed by atoms with E-state index in [9.17, 15) is 0 Å². The maximum absolute atomic E-state index is 6.62. The fraction of sp³-hybridized carbons (Fsp3) is 0.321. The Morgan fingerprint density at radius 2 is 1.73 bits per heavy atom. The van der Waals surface area contributed by atoms with Crippen LogP contribution in [0.2, 0.25) is 5.02 Å². The van der Waals surface area contributed by atoms with Crippen LogP contribution in [0, 0.1) is 6.92 Å². The van der Waals surface area contributed by atoms with Crippen molar-refractivity contribution >= 4 is 23.2 Å². The number of pyridine rings is 1. The summed E-state index contributed by atoms with van der Waals surface area (Å²) in [5.41, 5.74) is 3.98. The zero-order valence-electron chi connectivity index (χ0n) is 20.7. The topological polar surface area (TPSA) is 91.8 Å². The molecule has 0 aliphatic carbocycles. The largest absolute Gasteiger partial charge is 0.325 e. The molecular weight excluding hydrogens is 484 g/mol. The number of hydrogen-bond acceptors (Lipinski definition) is 8. The molecule has 1 aromatic carbocycles. The van der Waals surface area contributed by atoms with Gasteiger partial charge in [0.15, 0.2) is 5.82 Å². The fourth-order valence-corrected chi connectivity index (χ4v) is 5.45. The molecule has 2 aliphatic rings. The predicted molar refractivity (Wildman–Crippen MR) is 145 cm³/mol. The SMILES string of the molecule is Cc1cccc(-c2nccc(Nc3ccnc(Cc4ccc(Cl)c(CN5C6CCC5CNC6)c4)n3)n2)n1. The first-order valence-corrected chi connectivity index (χ1v) is 13.1. The lowest BCUT2D eigenvalue weighted by atomic mass is 10.1. The van der Waals surface area contributed by atoms with Crippen molar-refractivity contribution in [1.82, 2.24) is 35.1 Å².